The normalized spacial score (nSPS) is 23.8. The Kier molecular flexibility index (Phi) is 5.26. The Morgan fingerprint density at radius 2 is 1.83 bits per heavy atom. The first-order chi connectivity index (χ1) is 11.1. The summed E-state index contributed by atoms with van der Waals surface area (Å²) >= 11 is 0. The van der Waals surface area contributed by atoms with Gasteiger partial charge in [-0.15, -0.1) is 0 Å². The highest BCUT2D eigenvalue weighted by molar-refractivity contribution is 5.76. The lowest BCUT2D eigenvalue weighted by Gasteiger charge is -2.34. The third kappa shape index (κ3) is 4.08. The zero-order valence-electron chi connectivity index (χ0n) is 13.4. The quantitative estimate of drug-likeness (QED) is 0.852. The number of nitrogens with zero attached hydrogens (tertiary/aromatic N) is 2. The van der Waals surface area contributed by atoms with E-state index in [1.165, 1.54) is 31.4 Å². The molecule has 2 heterocycles. The maximum atomic E-state index is 13.8. The lowest BCUT2D eigenvalue weighted by atomic mass is 10.0. The van der Waals surface area contributed by atoms with Crippen molar-refractivity contribution in [3.63, 3.8) is 0 Å². The van der Waals surface area contributed by atoms with Gasteiger partial charge in [-0.3, -0.25) is 4.79 Å². The topological polar surface area (TPSA) is 23.6 Å². The maximum Gasteiger partial charge on any atom is 0.222 e. The number of likely N-dealkylation sites (tertiary alicyclic amines) is 2. The molecular weight excluding hydrogens is 298 g/mol. The van der Waals surface area contributed by atoms with Gasteiger partial charge < -0.3 is 9.80 Å². The van der Waals surface area contributed by atoms with Crippen LogP contribution in [0.3, 0.4) is 0 Å². The summed E-state index contributed by atoms with van der Waals surface area (Å²) in [6.45, 7) is 3.14. The molecule has 0 saturated carbocycles. The van der Waals surface area contributed by atoms with Gasteiger partial charge in [-0.25, -0.2) is 8.78 Å². The minimum absolute atomic E-state index is 0.0771. The van der Waals surface area contributed by atoms with Crippen molar-refractivity contribution in [2.24, 2.45) is 0 Å². The standard InChI is InChI=1S/C18H24F2N2O/c19-15-5-4-14(17(20)12-15)13-22-11-8-16(6-7-18(22)23)21-9-2-1-3-10-21/h4-5,12,16H,1-3,6-11,13H2. The van der Waals surface area contributed by atoms with Crippen molar-refractivity contribution in [2.75, 3.05) is 19.6 Å². The first-order valence-corrected chi connectivity index (χ1v) is 8.59. The van der Waals surface area contributed by atoms with Crippen molar-refractivity contribution in [1.82, 2.24) is 9.80 Å². The van der Waals surface area contributed by atoms with Gasteiger partial charge in [0.15, 0.2) is 0 Å². The van der Waals surface area contributed by atoms with Gasteiger partial charge in [0.1, 0.15) is 11.6 Å². The minimum Gasteiger partial charge on any atom is -0.338 e. The molecule has 0 aromatic heterocycles. The van der Waals surface area contributed by atoms with Crippen molar-refractivity contribution in [3.05, 3.63) is 35.4 Å². The maximum absolute atomic E-state index is 13.8. The minimum atomic E-state index is -0.585. The Morgan fingerprint density at radius 1 is 1.04 bits per heavy atom. The Balaban J connectivity index is 1.63. The third-order valence-electron chi connectivity index (χ3n) is 5.06. The van der Waals surface area contributed by atoms with Crippen LogP contribution in [0.25, 0.3) is 0 Å². The fraction of sp³-hybridized carbons (Fsp3) is 0.611. The van der Waals surface area contributed by atoms with Crippen molar-refractivity contribution in [3.8, 4) is 0 Å². The predicted molar refractivity (Wildman–Crippen MR) is 84.8 cm³/mol. The summed E-state index contributed by atoms with van der Waals surface area (Å²) in [7, 11) is 0. The summed E-state index contributed by atoms with van der Waals surface area (Å²) in [6.07, 6.45) is 6.14. The highest BCUT2D eigenvalue weighted by Gasteiger charge is 2.27. The molecule has 2 saturated heterocycles. The SMILES string of the molecule is O=C1CCC(N2CCCCC2)CCN1Cc1ccc(F)cc1F. The summed E-state index contributed by atoms with van der Waals surface area (Å²) in [6, 6.07) is 4.03. The van der Waals surface area contributed by atoms with Crippen LogP contribution in [0.1, 0.15) is 44.1 Å². The van der Waals surface area contributed by atoms with E-state index < -0.39 is 11.6 Å². The molecule has 0 spiro atoms. The van der Waals surface area contributed by atoms with E-state index in [4.69, 9.17) is 0 Å². The second-order valence-electron chi connectivity index (χ2n) is 6.63. The van der Waals surface area contributed by atoms with Gasteiger partial charge in [-0.05, 0) is 44.8 Å². The molecule has 3 nitrogen and oxygen atoms in total. The van der Waals surface area contributed by atoms with Crippen molar-refractivity contribution < 1.29 is 13.6 Å². The predicted octanol–water partition coefficient (Wildman–Crippen LogP) is 3.33. The first kappa shape index (κ1) is 16.4. The highest BCUT2D eigenvalue weighted by Crippen LogP contribution is 2.23. The summed E-state index contributed by atoms with van der Waals surface area (Å²) in [4.78, 5) is 16.6. The molecule has 3 rings (SSSR count). The van der Waals surface area contributed by atoms with Gasteiger partial charge in [-0.1, -0.05) is 12.5 Å². The zero-order chi connectivity index (χ0) is 16.2. The second kappa shape index (κ2) is 7.39. The third-order valence-corrected chi connectivity index (χ3v) is 5.06. The number of benzene rings is 1. The van der Waals surface area contributed by atoms with Crippen LogP contribution in [0.5, 0.6) is 0 Å². The molecule has 1 aromatic rings. The summed E-state index contributed by atoms with van der Waals surface area (Å²) < 4.78 is 26.8. The molecule has 0 aliphatic carbocycles. The van der Waals surface area contributed by atoms with E-state index >= 15 is 0 Å². The largest absolute Gasteiger partial charge is 0.338 e. The molecule has 2 aliphatic rings. The lowest BCUT2D eigenvalue weighted by Crippen LogP contribution is -2.39. The van der Waals surface area contributed by atoms with Crippen LogP contribution in [-0.4, -0.2) is 41.4 Å². The van der Waals surface area contributed by atoms with Crippen LogP contribution >= 0.6 is 0 Å². The molecule has 1 aromatic carbocycles. The lowest BCUT2D eigenvalue weighted by molar-refractivity contribution is -0.131. The van der Waals surface area contributed by atoms with E-state index in [-0.39, 0.29) is 12.5 Å². The van der Waals surface area contributed by atoms with Crippen molar-refractivity contribution in [2.45, 2.75) is 51.1 Å². The highest BCUT2D eigenvalue weighted by atomic mass is 19.1. The smallest absolute Gasteiger partial charge is 0.222 e. The van der Waals surface area contributed by atoms with Gasteiger partial charge in [0, 0.05) is 37.2 Å². The van der Waals surface area contributed by atoms with E-state index in [1.807, 2.05) is 0 Å². The first-order valence-electron chi connectivity index (χ1n) is 8.59. The second-order valence-corrected chi connectivity index (χ2v) is 6.63. The Morgan fingerprint density at radius 3 is 2.57 bits per heavy atom. The van der Waals surface area contributed by atoms with Crippen LogP contribution in [-0.2, 0) is 11.3 Å². The zero-order valence-corrected chi connectivity index (χ0v) is 13.4. The number of hydrogen-bond donors (Lipinski definition) is 0. The summed E-state index contributed by atoms with van der Waals surface area (Å²) in [5.74, 6) is -1.08. The van der Waals surface area contributed by atoms with Crippen LogP contribution in [0.15, 0.2) is 18.2 Å². The number of carbonyl (C=O) groups excluding carboxylic acids is 1. The molecule has 0 bridgehead atoms. The number of carbonyl (C=O) groups is 1. The summed E-state index contributed by atoms with van der Waals surface area (Å²) in [5, 5.41) is 0. The molecule has 1 atom stereocenters. The molecule has 1 unspecified atom stereocenters. The van der Waals surface area contributed by atoms with Gasteiger partial charge >= 0.3 is 0 Å². The molecular formula is C18H24F2N2O. The van der Waals surface area contributed by atoms with Crippen molar-refractivity contribution in [1.29, 1.82) is 0 Å². The average Bonchev–Trinajstić information content (AvgIpc) is 2.73. The Labute approximate surface area is 136 Å². The molecule has 0 radical (unpaired) electrons. The number of piperidine rings is 1. The van der Waals surface area contributed by atoms with Gasteiger partial charge in [-0.2, -0.15) is 0 Å². The summed E-state index contributed by atoms with van der Waals surface area (Å²) in [5.41, 5.74) is 0.385. The monoisotopic (exact) mass is 322 g/mol. The number of hydrogen-bond acceptors (Lipinski definition) is 2. The average molecular weight is 322 g/mol. The number of halogens is 2. The molecule has 2 fully saturated rings. The van der Waals surface area contributed by atoms with E-state index in [1.54, 1.807) is 4.90 Å². The van der Waals surface area contributed by atoms with Gasteiger partial charge in [0.25, 0.3) is 0 Å². The molecule has 1 amide bonds. The molecule has 23 heavy (non-hydrogen) atoms. The van der Waals surface area contributed by atoms with E-state index in [0.717, 1.165) is 32.0 Å². The molecule has 2 aliphatic heterocycles. The van der Waals surface area contributed by atoms with Crippen molar-refractivity contribution >= 4 is 5.91 Å². The van der Waals surface area contributed by atoms with E-state index in [2.05, 4.69) is 4.90 Å². The molecule has 126 valence electrons. The number of rotatable bonds is 3. The molecule has 5 heteroatoms. The van der Waals surface area contributed by atoms with Gasteiger partial charge in [0.05, 0.1) is 0 Å². The van der Waals surface area contributed by atoms with E-state index in [9.17, 15) is 13.6 Å². The fourth-order valence-electron chi connectivity index (χ4n) is 3.69. The Bertz CT molecular complexity index is 558. The van der Waals surface area contributed by atoms with Crippen LogP contribution in [0.4, 0.5) is 8.78 Å². The van der Waals surface area contributed by atoms with E-state index in [0.29, 0.717) is 24.6 Å². The van der Waals surface area contributed by atoms with Crippen LogP contribution in [0.2, 0.25) is 0 Å². The van der Waals surface area contributed by atoms with Crippen LogP contribution in [0, 0.1) is 11.6 Å². The van der Waals surface area contributed by atoms with Crippen LogP contribution < -0.4 is 0 Å². The van der Waals surface area contributed by atoms with Gasteiger partial charge in [0.2, 0.25) is 5.91 Å². The number of amides is 1. The Hall–Kier alpha value is -1.49. The fourth-order valence-corrected chi connectivity index (χ4v) is 3.69. The molecule has 0 N–H and O–H groups in total.